The van der Waals surface area contributed by atoms with Gasteiger partial charge in [0.15, 0.2) is 0 Å². The van der Waals surface area contributed by atoms with E-state index in [-0.39, 0.29) is 5.91 Å². The highest BCUT2D eigenvalue weighted by Crippen LogP contribution is 2.38. The van der Waals surface area contributed by atoms with Crippen LogP contribution in [0.1, 0.15) is 51.9 Å². The van der Waals surface area contributed by atoms with E-state index in [4.69, 9.17) is 18.0 Å². The van der Waals surface area contributed by atoms with Crippen LogP contribution in [-0.4, -0.2) is 29.4 Å². The van der Waals surface area contributed by atoms with Crippen LogP contribution in [0.3, 0.4) is 0 Å². The molecule has 4 heteroatoms. The van der Waals surface area contributed by atoms with E-state index in [0.717, 1.165) is 45.1 Å². The number of thiocarbonyl (C=S) groups is 1. The van der Waals surface area contributed by atoms with E-state index in [9.17, 15) is 4.79 Å². The molecule has 0 aromatic rings. The Morgan fingerprint density at radius 2 is 1.94 bits per heavy atom. The number of carbonyl (C=O) groups excluding carboxylic acids is 1. The van der Waals surface area contributed by atoms with Gasteiger partial charge in [0.2, 0.25) is 5.91 Å². The normalized spacial score (nSPS) is 18.7. The molecule has 1 saturated carbocycles. The summed E-state index contributed by atoms with van der Waals surface area (Å²) in [4.78, 5) is 14.7. The van der Waals surface area contributed by atoms with Crippen molar-refractivity contribution in [1.29, 1.82) is 0 Å². The molecule has 2 N–H and O–H groups in total. The number of hydrogen-bond donors (Lipinski definition) is 1. The molecule has 0 unspecified atom stereocenters. The number of nitrogens with zero attached hydrogens (tertiary/aromatic N) is 1. The van der Waals surface area contributed by atoms with Gasteiger partial charge in [-0.05, 0) is 19.3 Å². The van der Waals surface area contributed by atoms with Crippen LogP contribution in [-0.2, 0) is 4.79 Å². The molecule has 0 spiro atoms. The number of nitrogens with two attached hydrogens (primary N) is 1. The van der Waals surface area contributed by atoms with Crippen molar-refractivity contribution in [3.63, 3.8) is 0 Å². The van der Waals surface area contributed by atoms with Crippen LogP contribution in [0.4, 0.5) is 0 Å². The second-order valence-electron chi connectivity index (χ2n) is 5.09. The highest BCUT2D eigenvalue weighted by Gasteiger charge is 2.43. The van der Waals surface area contributed by atoms with E-state index < -0.39 is 5.41 Å². The lowest BCUT2D eigenvalue weighted by molar-refractivity contribution is -0.138. The molecule has 1 aliphatic carbocycles. The molecule has 0 radical (unpaired) electrons. The average Bonchev–Trinajstić information content (AvgIpc) is 2.35. The van der Waals surface area contributed by atoms with Gasteiger partial charge in [-0.1, -0.05) is 44.8 Å². The van der Waals surface area contributed by atoms with Crippen LogP contribution in [0.25, 0.3) is 0 Å². The summed E-state index contributed by atoms with van der Waals surface area (Å²) >= 11 is 5.17. The standard InChI is InChI=1S/C13H24N2OS/c1-3-4-10-15(2)12(16)13(11(14)17)8-6-5-7-9-13/h3-10H2,1-2H3,(H2,14,17). The highest BCUT2D eigenvalue weighted by molar-refractivity contribution is 7.80. The van der Waals surface area contributed by atoms with E-state index in [0.29, 0.717) is 4.99 Å². The van der Waals surface area contributed by atoms with Crippen molar-refractivity contribution in [1.82, 2.24) is 4.90 Å². The molecule has 1 amide bonds. The van der Waals surface area contributed by atoms with Gasteiger partial charge in [-0.15, -0.1) is 0 Å². The number of hydrogen-bond acceptors (Lipinski definition) is 2. The van der Waals surface area contributed by atoms with Gasteiger partial charge < -0.3 is 10.6 Å². The van der Waals surface area contributed by atoms with Crippen molar-refractivity contribution >= 4 is 23.1 Å². The van der Waals surface area contributed by atoms with Crippen molar-refractivity contribution in [3.05, 3.63) is 0 Å². The van der Waals surface area contributed by atoms with Gasteiger partial charge in [0.25, 0.3) is 0 Å². The van der Waals surface area contributed by atoms with Gasteiger partial charge in [0.1, 0.15) is 0 Å². The smallest absolute Gasteiger partial charge is 0.235 e. The van der Waals surface area contributed by atoms with Crippen molar-refractivity contribution in [3.8, 4) is 0 Å². The van der Waals surface area contributed by atoms with Crippen LogP contribution in [0.15, 0.2) is 0 Å². The second-order valence-corrected chi connectivity index (χ2v) is 5.53. The van der Waals surface area contributed by atoms with Crippen molar-refractivity contribution in [2.75, 3.05) is 13.6 Å². The van der Waals surface area contributed by atoms with Gasteiger partial charge in [0, 0.05) is 13.6 Å². The van der Waals surface area contributed by atoms with E-state index in [1.807, 2.05) is 11.9 Å². The summed E-state index contributed by atoms with van der Waals surface area (Å²) in [6.07, 6.45) is 7.11. The molecule has 0 atom stereocenters. The summed E-state index contributed by atoms with van der Waals surface area (Å²) in [5, 5.41) is 0. The van der Waals surface area contributed by atoms with Gasteiger partial charge >= 0.3 is 0 Å². The number of unbranched alkanes of at least 4 members (excludes halogenated alkanes) is 1. The molecule has 1 rings (SSSR count). The summed E-state index contributed by atoms with van der Waals surface area (Å²) in [6, 6.07) is 0. The molecule has 0 aromatic carbocycles. The molecule has 0 heterocycles. The Morgan fingerprint density at radius 1 is 1.35 bits per heavy atom. The molecule has 0 bridgehead atoms. The highest BCUT2D eigenvalue weighted by atomic mass is 32.1. The first-order valence-corrected chi connectivity index (χ1v) is 7.01. The molecule has 0 aliphatic heterocycles. The summed E-state index contributed by atoms with van der Waals surface area (Å²) in [6.45, 7) is 2.93. The number of rotatable bonds is 5. The van der Waals surface area contributed by atoms with Crippen LogP contribution in [0, 0.1) is 5.41 Å². The monoisotopic (exact) mass is 256 g/mol. The molecule has 17 heavy (non-hydrogen) atoms. The first-order chi connectivity index (χ1) is 8.04. The molecular weight excluding hydrogens is 232 g/mol. The number of carbonyl (C=O) groups is 1. The third-order valence-electron chi connectivity index (χ3n) is 3.78. The maximum Gasteiger partial charge on any atom is 0.235 e. The van der Waals surface area contributed by atoms with E-state index in [1.165, 1.54) is 6.42 Å². The Bertz CT molecular complexity index is 285. The van der Waals surface area contributed by atoms with E-state index in [1.54, 1.807) is 0 Å². The van der Waals surface area contributed by atoms with Crippen molar-refractivity contribution in [2.24, 2.45) is 11.1 Å². The average molecular weight is 256 g/mol. The quantitative estimate of drug-likeness (QED) is 0.769. The van der Waals surface area contributed by atoms with Gasteiger partial charge in [0.05, 0.1) is 10.4 Å². The Morgan fingerprint density at radius 3 is 2.41 bits per heavy atom. The van der Waals surface area contributed by atoms with Crippen LogP contribution in [0.2, 0.25) is 0 Å². The summed E-state index contributed by atoms with van der Waals surface area (Å²) < 4.78 is 0. The van der Waals surface area contributed by atoms with Crippen LogP contribution >= 0.6 is 12.2 Å². The summed E-state index contributed by atoms with van der Waals surface area (Å²) in [5.74, 6) is 0.137. The lowest BCUT2D eigenvalue weighted by atomic mass is 9.73. The minimum atomic E-state index is -0.546. The maximum absolute atomic E-state index is 12.5. The Kier molecular flexibility index (Phi) is 5.37. The van der Waals surface area contributed by atoms with Gasteiger partial charge in [-0.2, -0.15) is 0 Å². The Balaban J connectivity index is 2.76. The molecule has 1 fully saturated rings. The third-order valence-corrected chi connectivity index (χ3v) is 4.17. The lowest BCUT2D eigenvalue weighted by Gasteiger charge is -2.37. The summed E-state index contributed by atoms with van der Waals surface area (Å²) in [7, 11) is 1.87. The molecule has 0 aromatic heterocycles. The fourth-order valence-corrected chi connectivity index (χ4v) is 2.87. The Labute approximate surface area is 110 Å². The second kappa shape index (κ2) is 6.34. The zero-order valence-corrected chi connectivity index (χ0v) is 11.8. The lowest BCUT2D eigenvalue weighted by Crippen LogP contribution is -2.50. The van der Waals surface area contributed by atoms with E-state index >= 15 is 0 Å². The number of amides is 1. The third kappa shape index (κ3) is 3.18. The Hall–Kier alpha value is -0.640. The first kappa shape index (κ1) is 14.4. The van der Waals surface area contributed by atoms with Gasteiger partial charge in [-0.25, -0.2) is 0 Å². The first-order valence-electron chi connectivity index (χ1n) is 6.60. The molecule has 98 valence electrons. The molecule has 1 aliphatic rings. The maximum atomic E-state index is 12.5. The van der Waals surface area contributed by atoms with E-state index in [2.05, 4.69) is 6.92 Å². The predicted molar refractivity (Wildman–Crippen MR) is 74.8 cm³/mol. The molecule has 3 nitrogen and oxygen atoms in total. The molecular formula is C13H24N2OS. The predicted octanol–water partition coefficient (Wildman–Crippen LogP) is 2.48. The van der Waals surface area contributed by atoms with Gasteiger partial charge in [-0.3, -0.25) is 4.79 Å². The fraction of sp³-hybridized carbons (Fsp3) is 0.846. The minimum absolute atomic E-state index is 0.137. The largest absolute Gasteiger partial charge is 0.392 e. The zero-order valence-electron chi connectivity index (χ0n) is 11.0. The van der Waals surface area contributed by atoms with Crippen molar-refractivity contribution in [2.45, 2.75) is 51.9 Å². The van der Waals surface area contributed by atoms with Crippen molar-refractivity contribution < 1.29 is 4.79 Å². The topological polar surface area (TPSA) is 46.3 Å². The fourth-order valence-electron chi connectivity index (χ4n) is 2.58. The summed E-state index contributed by atoms with van der Waals surface area (Å²) in [5.41, 5.74) is 5.31. The van der Waals surface area contributed by atoms with Crippen LogP contribution < -0.4 is 5.73 Å². The molecule has 0 saturated heterocycles. The minimum Gasteiger partial charge on any atom is -0.392 e. The zero-order chi connectivity index (χ0) is 12.9. The SMILES string of the molecule is CCCCN(C)C(=O)C1(C(N)=S)CCCCC1. The van der Waals surface area contributed by atoms with Crippen LogP contribution in [0.5, 0.6) is 0 Å².